The topological polar surface area (TPSA) is 73.0 Å². The van der Waals surface area contributed by atoms with Crippen LogP contribution in [0.3, 0.4) is 0 Å². The zero-order chi connectivity index (χ0) is 13.3. The summed E-state index contributed by atoms with van der Waals surface area (Å²) in [5.41, 5.74) is 8.30. The largest absolute Gasteiger partial charge is 0.383 e. The van der Waals surface area contributed by atoms with E-state index >= 15 is 0 Å². The van der Waals surface area contributed by atoms with Gasteiger partial charge in [-0.1, -0.05) is 12.1 Å². The molecule has 1 heterocycles. The van der Waals surface area contributed by atoms with Gasteiger partial charge in [-0.05, 0) is 36.2 Å². The molecule has 2 rings (SSSR count). The third kappa shape index (κ3) is 2.51. The van der Waals surface area contributed by atoms with Crippen LogP contribution in [0, 0.1) is 6.92 Å². The first-order valence-corrected chi connectivity index (χ1v) is 7.29. The number of pyridine rings is 1. The van der Waals surface area contributed by atoms with Crippen LogP contribution >= 0.6 is 0 Å². The number of sulfone groups is 1. The van der Waals surface area contributed by atoms with Crippen LogP contribution in [-0.2, 0) is 9.84 Å². The maximum atomic E-state index is 11.5. The van der Waals surface area contributed by atoms with Gasteiger partial charge in [0.25, 0.3) is 0 Å². The van der Waals surface area contributed by atoms with Gasteiger partial charge in [-0.3, -0.25) is 0 Å². The summed E-state index contributed by atoms with van der Waals surface area (Å²) < 4.78 is 23.0. The zero-order valence-electron chi connectivity index (χ0n) is 10.2. The molecule has 0 spiro atoms. The maximum absolute atomic E-state index is 11.5. The number of nitrogens with zero attached hydrogens (tertiary/aromatic N) is 1. The van der Waals surface area contributed by atoms with E-state index in [1.54, 1.807) is 24.4 Å². The van der Waals surface area contributed by atoms with Crippen LogP contribution in [-0.4, -0.2) is 19.7 Å². The van der Waals surface area contributed by atoms with Crippen molar-refractivity contribution in [1.29, 1.82) is 0 Å². The highest BCUT2D eigenvalue weighted by Gasteiger charge is 2.10. The molecule has 0 aliphatic rings. The van der Waals surface area contributed by atoms with E-state index in [9.17, 15) is 8.42 Å². The number of hydrogen-bond donors (Lipinski definition) is 1. The lowest BCUT2D eigenvalue weighted by Crippen LogP contribution is -1.98. The fraction of sp³-hybridized carbons (Fsp3) is 0.154. The highest BCUT2D eigenvalue weighted by Crippen LogP contribution is 2.27. The summed E-state index contributed by atoms with van der Waals surface area (Å²) in [7, 11) is -3.22. The lowest BCUT2D eigenvalue weighted by molar-refractivity contribution is 0.602. The van der Waals surface area contributed by atoms with Gasteiger partial charge in [0.15, 0.2) is 9.84 Å². The van der Waals surface area contributed by atoms with Crippen LogP contribution in [0.4, 0.5) is 5.82 Å². The lowest BCUT2D eigenvalue weighted by atomic mass is 10.1. The van der Waals surface area contributed by atoms with Crippen LogP contribution < -0.4 is 5.73 Å². The number of hydrogen-bond acceptors (Lipinski definition) is 4. The molecule has 0 atom stereocenters. The first-order valence-electron chi connectivity index (χ1n) is 5.40. The molecule has 0 saturated carbocycles. The molecule has 1 aromatic heterocycles. The molecule has 4 nitrogen and oxygen atoms in total. The summed E-state index contributed by atoms with van der Waals surface area (Å²) in [5.74, 6) is 0.395. The Labute approximate surface area is 106 Å². The molecule has 18 heavy (non-hydrogen) atoms. The molecule has 0 aliphatic carbocycles. The highest BCUT2D eigenvalue weighted by molar-refractivity contribution is 7.90. The Balaban J connectivity index is 2.62. The molecule has 2 aromatic rings. The van der Waals surface area contributed by atoms with Gasteiger partial charge in [0.1, 0.15) is 5.82 Å². The van der Waals surface area contributed by atoms with Crippen LogP contribution in [0.5, 0.6) is 0 Å². The van der Waals surface area contributed by atoms with E-state index in [0.29, 0.717) is 5.82 Å². The Morgan fingerprint density at radius 3 is 2.61 bits per heavy atom. The van der Waals surface area contributed by atoms with Gasteiger partial charge in [0, 0.05) is 18.0 Å². The van der Waals surface area contributed by atoms with Gasteiger partial charge < -0.3 is 5.73 Å². The second-order valence-electron chi connectivity index (χ2n) is 4.25. The molecule has 0 saturated heterocycles. The first kappa shape index (κ1) is 12.6. The second-order valence-corrected chi connectivity index (χ2v) is 6.26. The van der Waals surface area contributed by atoms with Crippen molar-refractivity contribution in [3.8, 4) is 11.1 Å². The molecule has 1 aromatic carbocycles. The van der Waals surface area contributed by atoms with Crippen molar-refractivity contribution in [2.75, 3.05) is 12.0 Å². The molecule has 0 unspecified atom stereocenters. The fourth-order valence-electron chi connectivity index (χ4n) is 1.71. The molecule has 2 N–H and O–H groups in total. The minimum atomic E-state index is -3.22. The van der Waals surface area contributed by atoms with E-state index < -0.39 is 9.84 Å². The number of aryl methyl sites for hydroxylation is 1. The Morgan fingerprint density at radius 1 is 1.22 bits per heavy atom. The minimum Gasteiger partial charge on any atom is -0.383 e. The average Bonchev–Trinajstić information content (AvgIpc) is 2.31. The summed E-state index contributed by atoms with van der Waals surface area (Å²) in [6.45, 7) is 1.91. The summed E-state index contributed by atoms with van der Waals surface area (Å²) in [6, 6.07) is 8.60. The van der Waals surface area contributed by atoms with Crippen molar-refractivity contribution >= 4 is 15.7 Å². The van der Waals surface area contributed by atoms with E-state index in [0.717, 1.165) is 16.7 Å². The van der Waals surface area contributed by atoms with Crippen LogP contribution in [0.1, 0.15) is 5.56 Å². The molecule has 94 valence electrons. The summed E-state index contributed by atoms with van der Waals surface area (Å²) in [4.78, 5) is 4.35. The summed E-state index contributed by atoms with van der Waals surface area (Å²) in [6.07, 6.45) is 2.86. The van der Waals surface area contributed by atoms with Crippen molar-refractivity contribution in [2.45, 2.75) is 11.8 Å². The van der Waals surface area contributed by atoms with Crippen molar-refractivity contribution in [1.82, 2.24) is 4.98 Å². The van der Waals surface area contributed by atoms with Gasteiger partial charge in [-0.15, -0.1) is 0 Å². The van der Waals surface area contributed by atoms with Crippen LogP contribution in [0.25, 0.3) is 11.1 Å². The predicted octanol–water partition coefficient (Wildman–Crippen LogP) is 2.04. The Hall–Kier alpha value is -1.88. The van der Waals surface area contributed by atoms with E-state index in [-0.39, 0.29) is 4.90 Å². The maximum Gasteiger partial charge on any atom is 0.175 e. The van der Waals surface area contributed by atoms with Crippen molar-refractivity contribution in [3.05, 3.63) is 42.1 Å². The van der Waals surface area contributed by atoms with Crippen molar-refractivity contribution in [3.63, 3.8) is 0 Å². The predicted molar refractivity (Wildman–Crippen MR) is 71.9 cm³/mol. The molecule has 0 fully saturated rings. The molecular weight excluding hydrogens is 248 g/mol. The fourth-order valence-corrected chi connectivity index (χ4v) is 2.37. The minimum absolute atomic E-state index is 0.279. The van der Waals surface area contributed by atoms with Gasteiger partial charge in [0.2, 0.25) is 0 Å². The third-order valence-corrected chi connectivity index (χ3v) is 3.74. The molecular formula is C13H14N2O2S. The summed E-state index contributed by atoms with van der Waals surface area (Å²) in [5, 5.41) is 0. The summed E-state index contributed by atoms with van der Waals surface area (Å²) >= 11 is 0. The van der Waals surface area contributed by atoms with Gasteiger partial charge >= 0.3 is 0 Å². The number of nitrogen functional groups attached to an aromatic ring is 1. The van der Waals surface area contributed by atoms with Crippen molar-refractivity contribution < 1.29 is 8.42 Å². The Morgan fingerprint density at radius 2 is 1.94 bits per heavy atom. The average molecular weight is 262 g/mol. The molecule has 0 aliphatic heterocycles. The molecule has 0 bridgehead atoms. The quantitative estimate of drug-likeness (QED) is 0.899. The van der Waals surface area contributed by atoms with Crippen LogP contribution in [0.15, 0.2) is 41.4 Å². The number of anilines is 1. The normalized spacial score (nSPS) is 11.4. The third-order valence-electron chi connectivity index (χ3n) is 2.63. The van der Waals surface area contributed by atoms with Gasteiger partial charge in [-0.25, -0.2) is 13.4 Å². The monoisotopic (exact) mass is 262 g/mol. The Bertz CT molecular complexity index is 694. The van der Waals surface area contributed by atoms with E-state index in [2.05, 4.69) is 4.98 Å². The zero-order valence-corrected chi connectivity index (χ0v) is 11.0. The standard InChI is InChI=1S/C13H14N2O2S/c1-9-6-12(13(14)15-8-9)10-4-3-5-11(7-10)18(2,16)17/h3-8H,1-2H3,(H2,14,15). The Kier molecular flexibility index (Phi) is 3.09. The molecule has 0 amide bonds. The molecule has 0 radical (unpaired) electrons. The first-order chi connectivity index (χ1) is 8.38. The molecule has 5 heteroatoms. The van der Waals surface area contributed by atoms with Gasteiger partial charge in [-0.2, -0.15) is 0 Å². The van der Waals surface area contributed by atoms with E-state index in [1.807, 2.05) is 19.1 Å². The second kappa shape index (κ2) is 4.42. The van der Waals surface area contributed by atoms with Gasteiger partial charge in [0.05, 0.1) is 4.90 Å². The van der Waals surface area contributed by atoms with Crippen molar-refractivity contribution in [2.24, 2.45) is 0 Å². The SMILES string of the molecule is Cc1cnc(N)c(-c2cccc(S(C)(=O)=O)c2)c1. The van der Waals surface area contributed by atoms with E-state index in [1.165, 1.54) is 6.26 Å². The van der Waals surface area contributed by atoms with Crippen LogP contribution in [0.2, 0.25) is 0 Å². The lowest BCUT2D eigenvalue weighted by Gasteiger charge is -2.07. The number of benzene rings is 1. The smallest absolute Gasteiger partial charge is 0.175 e. The van der Waals surface area contributed by atoms with E-state index in [4.69, 9.17) is 5.73 Å². The highest BCUT2D eigenvalue weighted by atomic mass is 32.2. The number of nitrogens with two attached hydrogens (primary N) is 1. The number of rotatable bonds is 2. The number of aromatic nitrogens is 1.